The molecule has 3 unspecified atom stereocenters. The standard InChI is InChI=1S/C58H103NO5/c1-4-7-10-13-16-19-22-25-28-29-30-33-36-39-42-45-48-51-58(63)64-54(49-46-43-40-37-34-31-26-23-20-17-14-11-8-5-2)52-57(62)59-55(53-60)56(61)50-47-44-41-38-35-32-27-24-21-18-15-12-9-6-3/h8,11,17,20,25-26,28,31,37,40,46,49,54-56,60-61H,4-7,9-10,12-16,18-19,21-24,27,29-30,32-36,38-39,41-45,47-48,50-53H2,1-3H3,(H,59,62)/b11-8+,20-17+,28-25+,31-26+,40-37+,49-46+. The third-order valence-electron chi connectivity index (χ3n) is 12.0. The minimum atomic E-state index is -0.822. The summed E-state index contributed by atoms with van der Waals surface area (Å²) in [5.41, 5.74) is 0. The van der Waals surface area contributed by atoms with Crippen LogP contribution < -0.4 is 5.32 Å². The van der Waals surface area contributed by atoms with Crippen LogP contribution in [-0.2, 0) is 14.3 Å². The lowest BCUT2D eigenvalue weighted by molar-refractivity contribution is -0.148. The molecule has 0 aliphatic rings. The highest BCUT2D eigenvalue weighted by molar-refractivity contribution is 5.78. The second-order valence-corrected chi connectivity index (χ2v) is 18.2. The molecular weight excluding hydrogens is 791 g/mol. The SMILES string of the molecule is CC/C=C/C/C=C/C/C=C/C/C=C/C/C=C/C(CC(=O)NC(CO)C(O)CCCCCCCCCCCCCCCC)OC(=O)CCCCCCCCC/C=C/CCCCCCCC. The molecule has 0 spiro atoms. The van der Waals surface area contributed by atoms with Gasteiger partial charge in [0.2, 0.25) is 5.91 Å². The number of aliphatic hydroxyl groups is 2. The molecule has 1 amide bonds. The first-order valence-corrected chi connectivity index (χ1v) is 27.2. The van der Waals surface area contributed by atoms with E-state index in [9.17, 15) is 19.8 Å². The van der Waals surface area contributed by atoms with Crippen molar-refractivity contribution in [3.63, 3.8) is 0 Å². The maximum Gasteiger partial charge on any atom is 0.306 e. The predicted octanol–water partition coefficient (Wildman–Crippen LogP) is 16.6. The first kappa shape index (κ1) is 61.3. The van der Waals surface area contributed by atoms with E-state index in [1.54, 1.807) is 6.08 Å². The zero-order chi connectivity index (χ0) is 46.7. The van der Waals surface area contributed by atoms with E-state index >= 15 is 0 Å². The van der Waals surface area contributed by atoms with Gasteiger partial charge in [0.05, 0.1) is 25.2 Å². The second-order valence-electron chi connectivity index (χ2n) is 18.2. The van der Waals surface area contributed by atoms with Crippen LogP contribution in [-0.4, -0.2) is 46.9 Å². The van der Waals surface area contributed by atoms with Gasteiger partial charge in [-0.1, -0.05) is 242 Å². The Balaban J connectivity index is 4.68. The van der Waals surface area contributed by atoms with Crippen LogP contribution in [0.4, 0.5) is 0 Å². The molecule has 6 heteroatoms. The molecular formula is C58H103NO5. The average Bonchev–Trinajstić information content (AvgIpc) is 3.29. The Bertz CT molecular complexity index is 1190. The fourth-order valence-corrected chi connectivity index (χ4v) is 7.92. The Kier molecular flexibility index (Phi) is 49.1. The van der Waals surface area contributed by atoms with Crippen LogP contribution >= 0.6 is 0 Å². The molecule has 0 fully saturated rings. The van der Waals surface area contributed by atoms with Crippen LogP contribution in [0.3, 0.4) is 0 Å². The van der Waals surface area contributed by atoms with Gasteiger partial charge in [0, 0.05) is 6.42 Å². The normalized spacial score (nSPS) is 13.8. The molecule has 0 heterocycles. The summed E-state index contributed by atoms with van der Waals surface area (Å²) < 4.78 is 5.83. The summed E-state index contributed by atoms with van der Waals surface area (Å²) in [4.78, 5) is 26.1. The molecule has 370 valence electrons. The minimum absolute atomic E-state index is 0.0489. The van der Waals surface area contributed by atoms with E-state index < -0.39 is 18.2 Å². The Morgan fingerprint density at radius 1 is 0.484 bits per heavy atom. The number of amides is 1. The number of hydrogen-bond donors (Lipinski definition) is 3. The molecule has 3 atom stereocenters. The summed E-state index contributed by atoms with van der Waals surface area (Å²) >= 11 is 0. The van der Waals surface area contributed by atoms with Crippen molar-refractivity contribution in [1.29, 1.82) is 0 Å². The Morgan fingerprint density at radius 3 is 1.31 bits per heavy atom. The van der Waals surface area contributed by atoms with Crippen molar-refractivity contribution in [2.45, 2.75) is 277 Å². The fraction of sp³-hybridized carbons (Fsp3) is 0.759. The van der Waals surface area contributed by atoms with E-state index in [0.717, 1.165) is 64.2 Å². The van der Waals surface area contributed by atoms with Crippen molar-refractivity contribution in [2.24, 2.45) is 0 Å². The molecule has 0 radical (unpaired) electrons. The number of allylic oxidation sites excluding steroid dienone is 11. The van der Waals surface area contributed by atoms with Crippen molar-refractivity contribution >= 4 is 11.9 Å². The number of esters is 1. The number of aliphatic hydroxyl groups excluding tert-OH is 2. The first-order chi connectivity index (χ1) is 31.5. The monoisotopic (exact) mass is 894 g/mol. The molecule has 0 aromatic rings. The van der Waals surface area contributed by atoms with Crippen LogP contribution in [0.1, 0.15) is 258 Å². The van der Waals surface area contributed by atoms with Crippen molar-refractivity contribution in [2.75, 3.05) is 6.61 Å². The van der Waals surface area contributed by atoms with Crippen LogP contribution in [0.15, 0.2) is 72.9 Å². The van der Waals surface area contributed by atoms with Gasteiger partial charge in [0.1, 0.15) is 6.10 Å². The number of rotatable bonds is 48. The quantitative estimate of drug-likeness (QED) is 0.0321. The third kappa shape index (κ3) is 45.9. The largest absolute Gasteiger partial charge is 0.458 e. The lowest BCUT2D eigenvalue weighted by Crippen LogP contribution is -2.46. The Morgan fingerprint density at radius 2 is 0.875 bits per heavy atom. The maximum absolute atomic E-state index is 13.2. The fourth-order valence-electron chi connectivity index (χ4n) is 7.92. The highest BCUT2D eigenvalue weighted by atomic mass is 16.5. The first-order valence-electron chi connectivity index (χ1n) is 27.2. The molecule has 0 rings (SSSR count). The van der Waals surface area contributed by atoms with Crippen LogP contribution in [0.5, 0.6) is 0 Å². The van der Waals surface area contributed by atoms with Gasteiger partial charge in [-0.2, -0.15) is 0 Å². The summed E-state index contributed by atoms with van der Waals surface area (Å²) in [6.07, 6.45) is 65.7. The van der Waals surface area contributed by atoms with Crippen LogP contribution in [0, 0.1) is 0 Å². The van der Waals surface area contributed by atoms with Gasteiger partial charge in [-0.3, -0.25) is 9.59 Å². The number of carbonyl (C=O) groups is 2. The summed E-state index contributed by atoms with van der Waals surface area (Å²) in [5.74, 6) is -0.631. The molecule has 0 saturated heterocycles. The van der Waals surface area contributed by atoms with Crippen molar-refractivity contribution in [1.82, 2.24) is 5.32 Å². The number of ether oxygens (including phenoxy) is 1. The maximum atomic E-state index is 13.2. The van der Waals surface area contributed by atoms with Gasteiger partial charge in [-0.15, -0.1) is 0 Å². The van der Waals surface area contributed by atoms with Crippen molar-refractivity contribution in [3.05, 3.63) is 72.9 Å². The Hall–Kier alpha value is -2.70. The lowest BCUT2D eigenvalue weighted by atomic mass is 10.0. The zero-order valence-corrected chi connectivity index (χ0v) is 42.1. The molecule has 0 aliphatic heterocycles. The molecule has 0 aromatic heterocycles. The summed E-state index contributed by atoms with van der Waals surface area (Å²) in [6.45, 7) is 6.34. The van der Waals surface area contributed by atoms with Crippen LogP contribution in [0.25, 0.3) is 0 Å². The molecule has 0 bridgehead atoms. The van der Waals surface area contributed by atoms with E-state index in [1.165, 1.54) is 148 Å². The van der Waals surface area contributed by atoms with Crippen molar-refractivity contribution < 1.29 is 24.5 Å². The van der Waals surface area contributed by atoms with Crippen molar-refractivity contribution in [3.8, 4) is 0 Å². The van der Waals surface area contributed by atoms with Gasteiger partial charge in [0.15, 0.2) is 0 Å². The highest BCUT2D eigenvalue weighted by Gasteiger charge is 2.23. The number of hydrogen-bond acceptors (Lipinski definition) is 5. The molecule has 0 aliphatic carbocycles. The van der Waals surface area contributed by atoms with Gasteiger partial charge >= 0.3 is 5.97 Å². The molecule has 0 saturated carbocycles. The highest BCUT2D eigenvalue weighted by Crippen LogP contribution is 2.16. The Labute approximate surface area is 396 Å². The summed E-state index contributed by atoms with van der Waals surface area (Å²) in [6, 6.07) is -0.745. The average molecular weight is 894 g/mol. The smallest absolute Gasteiger partial charge is 0.306 e. The number of carbonyl (C=O) groups excluding carboxylic acids is 2. The van der Waals surface area contributed by atoms with E-state index in [1.807, 2.05) is 6.08 Å². The van der Waals surface area contributed by atoms with Gasteiger partial charge in [-0.25, -0.2) is 0 Å². The molecule has 3 N–H and O–H groups in total. The molecule has 64 heavy (non-hydrogen) atoms. The van der Waals surface area contributed by atoms with Crippen LogP contribution in [0.2, 0.25) is 0 Å². The predicted molar refractivity (Wildman–Crippen MR) is 278 cm³/mol. The van der Waals surface area contributed by atoms with Gasteiger partial charge in [0.25, 0.3) is 0 Å². The summed E-state index contributed by atoms with van der Waals surface area (Å²) in [5, 5.41) is 23.7. The van der Waals surface area contributed by atoms with E-state index in [0.29, 0.717) is 19.3 Å². The number of unbranched alkanes of at least 4 members (excludes halogenated alkanes) is 26. The molecule has 0 aromatic carbocycles. The second kappa shape index (κ2) is 51.3. The third-order valence-corrected chi connectivity index (χ3v) is 12.0. The van der Waals surface area contributed by atoms with E-state index in [-0.39, 0.29) is 24.9 Å². The lowest BCUT2D eigenvalue weighted by Gasteiger charge is -2.23. The van der Waals surface area contributed by atoms with Gasteiger partial charge in [-0.05, 0) is 76.7 Å². The topological polar surface area (TPSA) is 95.9 Å². The minimum Gasteiger partial charge on any atom is -0.458 e. The zero-order valence-electron chi connectivity index (χ0n) is 42.1. The van der Waals surface area contributed by atoms with Gasteiger partial charge < -0.3 is 20.3 Å². The summed E-state index contributed by atoms with van der Waals surface area (Å²) in [7, 11) is 0. The van der Waals surface area contributed by atoms with E-state index in [2.05, 4.69) is 86.8 Å². The van der Waals surface area contributed by atoms with E-state index in [4.69, 9.17) is 4.74 Å². The molecule has 6 nitrogen and oxygen atoms in total. The number of nitrogens with one attached hydrogen (secondary N) is 1.